The van der Waals surface area contributed by atoms with Gasteiger partial charge >= 0.3 is 0 Å². The van der Waals surface area contributed by atoms with Crippen molar-refractivity contribution in [1.82, 2.24) is 5.32 Å². The lowest BCUT2D eigenvalue weighted by molar-refractivity contribution is 0.457. The molecule has 1 saturated carbocycles. The molecular weight excluding hydrogens is 284 g/mol. The molecule has 1 aliphatic rings. The summed E-state index contributed by atoms with van der Waals surface area (Å²) < 4.78 is 13.6. The van der Waals surface area contributed by atoms with Gasteiger partial charge in [-0.25, -0.2) is 4.39 Å². The van der Waals surface area contributed by atoms with Crippen molar-refractivity contribution in [1.29, 1.82) is 0 Å². The first-order chi connectivity index (χ1) is 8.60. The summed E-state index contributed by atoms with van der Waals surface area (Å²) in [5, 5.41) is 4.14. The highest BCUT2D eigenvalue weighted by Crippen LogP contribution is 2.63. The summed E-state index contributed by atoms with van der Waals surface area (Å²) in [7, 11) is 0. The van der Waals surface area contributed by atoms with Gasteiger partial charge in [0.25, 0.3) is 0 Å². The Morgan fingerprint density at radius 3 is 2.16 bits per heavy atom. The Hall–Kier alpha value is -0.310. The van der Waals surface area contributed by atoms with Crippen LogP contribution in [-0.4, -0.2) is 6.04 Å². The summed E-state index contributed by atoms with van der Waals surface area (Å²) in [4.78, 5) is 0. The molecule has 1 unspecified atom stereocenters. The maximum atomic E-state index is 13.6. The lowest BCUT2D eigenvalue weighted by atomic mass is 10.0. The SMILES string of the molecule is CC(NC1C(C)(C)C1(C)C)c1c(Cl)ccc(F)c1Cl. The van der Waals surface area contributed by atoms with Gasteiger partial charge in [0.05, 0.1) is 5.02 Å². The van der Waals surface area contributed by atoms with Crippen molar-refractivity contribution >= 4 is 23.2 Å². The average Bonchev–Trinajstić information content (AvgIpc) is 2.67. The molecule has 0 amide bonds. The maximum absolute atomic E-state index is 13.6. The normalized spacial score (nSPS) is 22.3. The first-order valence-corrected chi connectivity index (χ1v) is 7.25. The van der Waals surface area contributed by atoms with E-state index in [1.807, 2.05) is 6.92 Å². The van der Waals surface area contributed by atoms with Crippen molar-refractivity contribution in [2.45, 2.75) is 46.7 Å². The molecule has 0 aliphatic heterocycles. The Kier molecular flexibility index (Phi) is 3.66. The smallest absolute Gasteiger partial charge is 0.142 e. The molecule has 0 heterocycles. The van der Waals surface area contributed by atoms with Crippen LogP contribution in [0, 0.1) is 16.6 Å². The highest BCUT2D eigenvalue weighted by Gasteiger charge is 2.64. The Morgan fingerprint density at radius 1 is 1.16 bits per heavy atom. The number of hydrogen-bond acceptors (Lipinski definition) is 1. The molecule has 1 atom stereocenters. The van der Waals surface area contributed by atoms with Gasteiger partial charge in [-0.2, -0.15) is 0 Å². The Morgan fingerprint density at radius 2 is 1.68 bits per heavy atom. The molecule has 0 spiro atoms. The average molecular weight is 304 g/mol. The topological polar surface area (TPSA) is 12.0 Å². The molecule has 0 bridgehead atoms. The molecule has 0 saturated heterocycles. The molecule has 106 valence electrons. The molecule has 1 nitrogen and oxygen atoms in total. The predicted molar refractivity (Wildman–Crippen MR) is 79.3 cm³/mol. The first kappa shape index (κ1) is 15.1. The van der Waals surface area contributed by atoms with E-state index in [0.717, 1.165) is 0 Å². The summed E-state index contributed by atoms with van der Waals surface area (Å²) in [5.41, 5.74) is 1.07. The zero-order chi connectivity index (χ0) is 14.6. The fourth-order valence-electron chi connectivity index (χ4n) is 2.89. The van der Waals surface area contributed by atoms with E-state index in [0.29, 0.717) is 16.6 Å². The Balaban J connectivity index is 2.23. The van der Waals surface area contributed by atoms with Crippen molar-refractivity contribution in [3.05, 3.63) is 33.6 Å². The molecule has 1 aliphatic carbocycles. The van der Waals surface area contributed by atoms with Crippen LogP contribution in [-0.2, 0) is 0 Å². The van der Waals surface area contributed by atoms with Crippen molar-refractivity contribution in [3.8, 4) is 0 Å². The molecule has 4 heteroatoms. The van der Waals surface area contributed by atoms with E-state index in [1.165, 1.54) is 6.07 Å². The summed E-state index contributed by atoms with van der Waals surface area (Å²) in [6, 6.07) is 3.14. The number of halogens is 3. The number of hydrogen-bond donors (Lipinski definition) is 1. The van der Waals surface area contributed by atoms with Crippen LogP contribution in [0.2, 0.25) is 10.0 Å². The Labute approximate surface area is 124 Å². The second kappa shape index (κ2) is 4.61. The number of benzene rings is 1. The van der Waals surface area contributed by atoms with Crippen LogP contribution in [0.5, 0.6) is 0 Å². The molecule has 1 fully saturated rings. The molecule has 1 aromatic rings. The number of rotatable bonds is 3. The minimum Gasteiger partial charge on any atom is -0.306 e. The molecule has 1 aromatic carbocycles. The van der Waals surface area contributed by atoms with E-state index in [4.69, 9.17) is 23.2 Å². The van der Waals surface area contributed by atoms with Gasteiger partial charge in [0.15, 0.2) is 0 Å². The highest BCUT2D eigenvalue weighted by atomic mass is 35.5. The second-order valence-electron chi connectivity index (χ2n) is 6.52. The molecule has 2 rings (SSSR count). The van der Waals surface area contributed by atoms with E-state index in [1.54, 1.807) is 6.07 Å². The summed E-state index contributed by atoms with van der Waals surface area (Å²) in [6.07, 6.45) is 0. The highest BCUT2D eigenvalue weighted by molar-refractivity contribution is 6.36. The van der Waals surface area contributed by atoms with Gasteiger partial charge in [0.2, 0.25) is 0 Å². The molecule has 19 heavy (non-hydrogen) atoms. The third-order valence-corrected chi connectivity index (χ3v) is 5.66. The molecule has 0 aromatic heterocycles. The van der Waals surface area contributed by atoms with E-state index in [2.05, 4.69) is 33.0 Å². The van der Waals surface area contributed by atoms with E-state index < -0.39 is 5.82 Å². The van der Waals surface area contributed by atoms with Gasteiger partial charge in [-0.3, -0.25) is 0 Å². The predicted octanol–water partition coefficient (Wildman–Crippen LogP) is 5.22. The first-order valence-electron chi connectivity index (χ1n) is 6.50. The van der Waals surface area contributed by atoms with Crippen LogP contribution in [0.25, 0.3) is 0 Å². The van der Waals surface area contributed by atoms with Crippen LogP contribution in [0.4, 0.5) is 4.39 Å². The fourth-order valence-corrected chi connectivity index (χ4v) is 3.58. The zero-order valence-corrected chi connectivity index (χ0v) is 13.5. The van der Waals surface area contributed by atoms with Gasteiger partial charge < -0.3 is 5.32 Å². The minimum absolute atomic E-state index is 0.0817. The largest absolute Gasteiger partial charge is 0.306 e. The van der Waals surface area contributed by atoms with Crippen LogP contribution in [0.15, 0.2) is 12.1 Å². The monoisotopic (exact) mass is 303 g/mol. The lowest BCUT2D eigenvalue weighted by Crippen LogP contribution is -2.26. The van der Waals surface area contributed by atoms with Crippen molar-refractivity contribution in [2.24, 2.45) is 10.8 Å². The minimum atomic E-state index is -0.427. The summed E-state index contributed by atoms with van der Waals surface area (Å²) >= 11 is 12.2. The van der Waals surface area contributed by atoms with E-state index in [9.17, 15) is 4.39 Å². The van der Waals surface area contributed by atoms with Gasteiger partial charge in [-0.1, -0.05) is 50.9 Å². The quantitative estimate of drug-likeness (QED) is 0.755. The van der Waals surface area contributed by atoms with Gasteiger partial charge in [0, 0.05) is 22.7 Å². The third-order valence-electron chi connectivity index (χ3n) is 4.95. The van der Waals surface area contributed by atoms with Gasteiger partial charge in [0.1, 0.15) is 5.82 Å². The van der Waals surface area contributed by atoms with Gasteiger partial charge in [-0.15, -0.1) is 0 Å². The zero-order valence-electron chi connectivity index (χ0n) is 11.9. The maximum Gasteiger partial charge on any atom is 0.142 e. The Bertz CT molecular complexity index is 497. The standard InChI is InChI=1S/C15H20Cl2FN/c1-8(19-13-14(2,3)15(13,4)5)11-9(16)6-7-10(18)12(11)17/h6-8,13,19H,1-5H3. The summed E-state index contributed by atoms with van der Waals surface area (Å²) in [6.45, 7) is 10.9. The van der Waals surface area contributed by atoms with Crippen LogP contribution >= 0.6 is 23.2 Å². The fraction of sp³-hybridized carbons (Fsp3) is 0.600. The number of nitrogens with one attached hydrogen (secondary N) is 1. The van der Waals surface area contributed by atoms with Crippen molar-refractivity contribution < 1.29 is 4.39 Å². The third kappa shape index (κ3) is 2.28. The van der Waals surface area contributed by atoms with Crippen LogP contribution in [0.1, 0.15) is 46.2 Å². The summed E-state index contributed by atoms with van der Waals surface area (Å²) in [5.74, 6) is -0.427. The van der Waals surface area contributed by atoms with E-state index in [-0.39, 0.29) is 21.9 Å². The molecular formula is C15H20Cl2FN. The molecule has 1 N–H and O–H groups in total. The van der Waals surface area contributed by atoms with Crippen LogP contribution in [0.3, 0.4) is 0 Å². The second-order valence-corrected chi connectivity index (χ2v) is 7.31. The van der Waals surface area contributed by atoms with E-state index >= 15 is 0 Å². The van der Waals surface area contributed by atoms with Crippen molar-refractivity contribution in [3.63, 3.8) is 0 Å². The van der Waals surface area contributed by atoms with Crippen molar-refractivity contribution in [2.75, 3.05) is 0 Å². The van der Waals surface area contributed by atoms with Gasteiger partial charge in [-0.05, 0) is 29.9 Å². The molecule has 0 radical (unpaired) electrons. The lowest BCUT2D eigenvalue weighted by Gasteiger charge is -2.19. The van der Waals surface area contributed by atoms with Crippen LogP contribution < -0.4 is 5.32 Å².